The number of nitrogens with zero attached hydrogens (tertiary/aromatic N) is 1. The molecule has 0 spiro atoms. The summed E-state index contributed by atoms with van der Waals surface area (Å²) in [6.07, 6.45) is 5.45. The molecule has 0 saturated carbocycles. The lowest BCUT2D eigenvalue weighted by Gasteiger charge is -2.22. The summed E-state index contributed by atoms with van der Waals surface area (Å²) in [4.78, 5) is 12.2. The molecule has 0 radical (unpaired) electrons. The normalized spacial score (nSPS) is 15.7. The second kappa shape index (κ2) is 6.75. The zero-order valence-corrected chi connectivity index (χ0v) is 12.3. The molecular formula is C17H19FN2O2. The van der Waals surface area contributed by atoms with Crippen molar-refractivity contribution in [2.24, 2.45) is 5.92 Å². The predicted octanol–water partition coefficient (Wildman–Crippen LogP) is 2.77. The highest BCUT2D eigenvalue weighted by molar-refractivity contribution is 5.94. The SMILES string of the molecule is O=C(NCC1CCOCC1)c1ccc(F)c(-n2cccc2)c1. The van der Waals surface area contributed by atoms with Crippen molar-refractivity contribution in [1.82, 2.24) is 9.88 Å². The average Bonchev–Trinajstić information content (AvgIpc) is 3.08. The number of carbonyl (C=O) groups is 1. The molecule has 5 heteroatoms. The van der Waals surface area contributed by atoms with Crippen LogP contribution >= 0.6 is 0 Å². The largest absolute Gasteiger partial charge is 0.381 e. The monoisotopic (exact) mass is 302 g/mol. The van der Waals surface area contributed by atoms with E-state index in [9.17, 15) is 9.18 Å². The van der Waals surface area contributed by atoms with Gasteiger partial charge in [0, 0.05) is 37.7 Å². The van der Waals surface area contributed by atoms with Crippen LogP contribution in [0.15, 0.2) is 42.7 Å². The van der Waals surface area contributed by atoms with Gasteiger partial charge in [0.2, 0.25) is 0 Å². The van der Waals surface area contributed by atoms with Crippen molar-refractivity contribution < 1.29 is 13.9 Å². The summed E-state index contributed by atoms with van der Waals surface area (Å²) < 4.78 is 20.9. The molecule has 0 aliphatic carbocycles. The van der Waals surface area contributed by atoms with Gasteiger partial charge in [-0.2, -0.15) is 0 Å². The van der Waals surface area contributed by atoms with Crippen LogP contribution in [0.4, 0.5) is 4.39 Å². The summed E-state index contributed by atoms with van der Waals surface area (Å²) in [7, 11) is 0. The molecule has 116 valence electrons. The quantitative estimate of drug-likeness (QED) is 0.944. The molecule has 1 N–H and O–H groups in total. The van der Waals surface area contributed by atoms with Crippen LogP contribution in [-0.4, -0.2) is 30.2 Å². The molecular weight excluding hydrogens is 283 g/mol. The summed E-state index contributed by atoms with van der Waals surface area (Å²) in [5.41, 5.74) is 0.848. The Labute approximate surface area is 128 Å². The number of nitrogens with one attached hydrogen (secondary N) is 1. The Morgan fingerprint density at radius 3 is 2.73 bits per heavy atom. The lowest BCUT2D eigenvalue weighted by atomic mass is 10.0. The number of amides is 1. The molecule has 1 fully saturated rings. The van der Waals surface area contributed by atoms with E-state index in [1.807, 2.05) is 12.1 Å². The van der Waals surface area contributed by atoms with Crippen LogP contribution in [0.2, 0.25) is 0 Å². The Morgan fingerprint density at radius 1 is 1.27 bits per heavy atom. The molecule has 1 aromatic heterocycles. The maximum Gasteiger partial charge on any atom is 0.251 e. The molecule has 22 heavy (non-hydrogen) atoms. The minimum atomic E-state index is -0.350. The van der Waals surface area contributed by atoms with E-state index in [4.69, 9.17) is 4.74 Å². The van der Waals surface area contributed by atoms with Gasteiger partial charge in [0.25, 0.3) is 5.91 Å². The molecule has 1 amide bonds. The molecule has 1 aliphatic rings. The predicted molar refractivity (Wildman–Crippen MR) is 81.6 cm³/mol. The lowest BCUT2D eigenvalue weighted by molar-refractivity contribution is 0.0642. The number of carbonyl (C=O) groups excluding carboxylic acids is 1. The van der Waals surface area contributed by atoms with Crippen LogP contribution in [0.5, 0.6) is 0 Å². The van der Waals surface area contributed by atoms with Crippen LogP contribution < -0.4 is 5.32 Å². The molecule has 0 unspecified atom stereocenters. The minimum absolute atomic E-state index is 0.167. The third-order valence-electron chi connectivity index (χ3n) is 3.98. The van der Waals surface area contributed by atoms with Gasteiger partial charge in [-0.3, -0.25) is 4.79 Å². The zero-order chi connectivity index (χ0) is 15.4. The van der Waals surface area contributed by atoms with Gasteiger partial charge in [-0.25, -0.2) is 4.39 Å². The van der Waals surface area contributed by atoms with Crippen molar-refractivity contribution in [1.29, 1.82) is 0 Å². The van der Waals surface area contributed by atoms with Gasteiger partial charge in [-0.05, 0) is 49.1 Å². The maximum atomic E-state index is 13.9. The Hall–Kier alpha value is -2.14. The standard InChI is InChI=1S/C17H19FN2O2/c18-15-4-3-14(11-16(15)20-7-1-2-8-20)17(21)19-12-13-5-9-22-10-6-13/h1-4,7-8,11,13H,5-6,9-10,12H2,(H,19,21). The summed E-state index contributed by atoms with van der Waals surface area (Å²) in [6, 6.07) is 8.06. The fourth-order valence-electron chi connectivity index (χ4n) is 2.64. The average molecular weight is 302 g/mol. The van der Waals surface area contributed by atoms with E-state index in [2.05, 4.69) is 5.32 Å². The Bertz CT molecular complexity index is 634. The van der Waals surface area contributed by atoms with E-state index in [0.29, 0.717) is 23.7 Å². The van der Waals surface area contributed by atoms with Gasteiger partial charge < -0.3 is 14.6 Å². The van der Waals surface area contributed by atoms with Crippen LogP contribution in [0.1, 0.15) is 23.2 Å². The fourth-order valence-corrected chi connectivity index (χ4v) is 2.64. The van der Waals surface area contributed by atoms with Crippen molar-refractivity contribution >= 4 is 5.91 Å². The Balaban J connectivity index is 1.68. The molecule has 0 atom stereocenters. The van der Waals surface area contributed by atoms with E-state index in [-0.39, 0.29) is 11.7 Å². The molecule has 0 bridgehead atoms. The van der Waals surface area contributed by atoms with Crippen LogP contribution in [0.25, 0.3) is 5.69 Å². The number of rotatable bonds is 4. The van der Waals surface area contributed by atoms with Crippen molar-refractivity contribution in [2.45, 2.75) is 12.8 Å². The van der Waals surface area contributed by atoms with Crippen molar-refractivity contribution in [3.05, 3.63) is 54.1 Å². The third kappa shape index (κ3) is 3.36. The van der Waals surface area contributed by atoms with Crippen molar-refractivity contribution in [3.63, 3.8) is 0 Å². The first-order valence-electron chi connectivity index (χ1n) is 7.53. The van der Waals surface area contributed by atoms with Gasteiger partial charge in [0.1, 0.15) is 5.82 Å². The summed E-state index contributed by atoms with van der Waals surface area (Å²) >= 11 is 0. The topological polar surface area (TPSA) is 43.3 Å². The molecule has 1 aromatic carbocycles. The van der Waals surface area contributed by atoms with E-state index in [1.54, 1.807) is 23.0 Å². The molecule has 2 heterocycles. The number of hydrogen-bond acceptors (Lipinski definition) is 2. The summed E-state index contributed by atoms with van der Waals surface area (Å²) in [5, 5.41) is 2.93. The molecule has 2 aromatic rings. The highest BCUT2D eigenvalue weighted by Crippen LogP contribution is 2.17. The summed E-state index contributed by atoms with van der Waals surface area (Å²) in [6.45, 7) is 2.15. The van der Waals surface area contributed by atoms with Crippen LogP contribution in [-0.2, 0) is 4.74 Å². The third-order valence-corrected chi connectivity index (χ3v) is 3.98. The van der Waals surface area contributed by atoms with E-state index in [1.165, 1.54) is 12.1 Å². The van der Waals surface area contributed by atoms with E-state index >= 15 is 0 Å². The van der Waals surface area contributed by atoms with E-state index in [0.717, 1.165) is 26.1 Å². The van der Waals surface area contributed by atoms with Gasteiger partial charge in [0.05, 0.1) is 5.69 Å². The smallest absolute Gasteiger partial charge is 0.251 e. The van der Waals surface area contributed by atoms with Gasteiger partial charge >= 0.3 is 0 Å². The van der Waals surface area contributed by atoms with E-state index < -0.39 is 0 Å². The molecule has 4 nitrogen and oxygen atoms in total. The fraction of sp³-hybridized carbons (Fsp3) is 0.353. The first-order chi connectivity index (χ1) is 10.7. The van der Waals surface area contributed by atoms with Gasteiger partial charge in [-0.15, -0.1) is 0 Å². The van der Waals surface area contributed by atoms with Crippen molar-refractivity contribution in [3.8, 4) is 5.69 Å². The number of aromatic nitrogens is 1. The highest BCUT2D eigenvalue weighted by Gasteiger charge is 2.16. The molecule has 3 rings (SSSR count). The summed E-state index contributed by atoms with van der Waals surface area (Å²) in [5.74, 6) is -0.0563. The zero-order valence-electron chi connectivity index (χ0n) is 12.3. The molecule has 1 aliphatic heterocycles. The number of halogens is 1. The lowest BCUT2D eigenvalue weighted by Crippen LogP contribution is -2.32. The second-order valence-corrected chi connectivity index (χ2v) is 5.52. The Kier molecular flexibility index (Phi) is 4.53. The van der Waals surface area contributed by atoms with Gasteiger partial charge in [-0.1, -0.05) is 0 Å². The first kappa shape index (κ1) is 14.8. The maximum absolute atomic E-state index is 13.9. The highest BCUT2D eigenvalue weighted by atomic mass is 19.1. The number of ether oxygens (including phenoxy) is 1. The Morgan fingerprint density at radius 2 is 2.00 bits per heavy atom. The first-order valence-corrected chi connectivity index (χ1v) is 7.53. The van der Waals surface area contributed by atoms with Crippen LogP contribution in [0, 0.1) is 11.7 Å². The number of benzene rings is 1. The van der Waals surface area contributed by atoms with Crippen molar-refractivity contribution in [2.75, 3.05) is 19.8 Å². The van der Waals surface area contributed by atoms with Crippen LogP contribution in [0.3, 0.4) is 0 Å². The van der Waals surface area contributed by atoms with Gasteiger partial charge in [0.15, 0.2) is 0 Å². The minimum Gasteiger partial charge on any atom is -0.381 e. The second-order valence-electron chi connectivity index (χ2n) is 5.52. The molecule has 1 saturated heterocycles. The number of hydrogen-bond donors (Lipinski definition) is 1.